The molecule has 1 N–H and O–H groups in total. The number of tetrazole rings is 1. The van der Waals surface area contributed by atoms with Crippen LogP contribution in [0.15, 0.2) is 59.8 Å². The van der Waals surface area contributed by atoms with Gasteiger partial charge < -0.3 is 10.1 Å². The van der Waals surface area contributed by atoms with Gasteiger partial charge in [-0.05, 0) is 76.7 Å². The highest BCUT2D eigenvalue weighted by Crippen LogP contribution is 2.41. The van der Waals surface area contributed by atoms with Gasteiger partial charge in [-0.2, -0.15) is 4.68 Å². The lowest BCUT2D eigenvalue weighted by molar-refractivity contribution is -0.113. The molecule has 1 aliphatic carbocycles. The number of carbonyl (C=O) groups is 1. The molecular weight excluding hydrogens is 662 g/mol. The minimum Gasteiger partial charge on any atom is -0.492 e. The van der Waals surface area contributed by atoms with Crippen LogP contribution in [0.3, 0.4) is 0 Å². The Balaban J connectivity index is 1.03. The molecule has 3 aromatic carbocycles. The monoisotopic (exact) mass is 690 g/mol. The summed E-state index contributed by atoms with van der Waals surface area (Å²) in [6, 6.07) is 15.8. The number of ether oxygens (including phenoxy) is 1. The zero-order valence-electron chi connectivity index (χ0n) is 24.0. The molecule has 2 aliphatic rings. The van der Waals surface area contributed by atoms with Crippen LogP contribution >= 0.6 is 35.0 Å². The van der Waals surface area contributed by atoms with Gasteiger partial charge in [0.15, 0.2) is 15.7 Å². The standard InChI is InChI=1S/C30H29Cl2FN6O4S2/c31-24-17-21(19-1-2-19)5-10-26(24)39-30(35-36-37-39)44-18-27(40)34-25-9-8-23(29(33)28(25)32)20-3-6-22(7-4-20)43-14-11-38-12-15-45(41,42)16-13-38/h3-10,17,19H,1-2,11-16,18H2,(H,34,40). The van der Waals surface area contributed by atoms with Crippen LogP contribution < -0.4 is 10.1 Å². The van der Waals surface area contributed by atoms with Gasteiger partial charge in [0.1, 0.15) is 17.4 Å². The molecular formula is C30H29Cl2FN6O4S2. The number of rotatable bonds is 11. The number of aromatic nitrogens is 4. The van der Waals surface area contributed by atoms with E-state index < -0.39 is 21.6 Å². The largest absolute Gasteiger partial charge is 0.492 e. The summed E-state index contributed by atoms with van der Waals surface area (Å²) in [7, 11) is -2.92. The van der Waals surface area contributed by atoms with Crippen LogP contribution in [-0.4, -0.2) is 82.9 Å². The van der Waals surface area contributed by atoms with Crippen molar-refractivity contribution >= 4 is 56.4 Å². The van der Waals surface area contributed by atoms with Crippen molar-refractivity contribution in [3.05, 3.63) is 76.0 Å². The number of benzene rings is 3. The predicted molar refractivity (Wildman–Crippen MR) is 173 cm³/mol. The average molecular weight is 692 g/mol. The fourth-order valence-electron chi connectivity index (χ4n) is 4.97. The van der Waals surface area contributed by atoms with E-state index in [1.807, 2.05) is 18.2 Å². The fourth-order valence-corrected chi connectivity index (χ4v) is 7.41. The topological polar surface area (TPSA) is 119 Å². The molecule has 0 bridgehead atoms. The first-order valence-electron chi connectivity index (χ1n) is 14.3. The first-order chi connectivity index (χ1) is 21.7. The van der Waals surface area contributed by atoms with Crippen molar-refractivity contribution in [1.29, 1.82) is 0 Å². The third-order valence-electron chi connectivity index (χ3n) is 7.66. The minimum absolute atomic E-state index is 0.0455. The van der Waals surface area contributed by atoms with Crippen LogP contribution in [0.1, 0.15) is 24.3 Å². The lowest BCUT2D eigenvalue weighted by Crippen LogP contribution is -2.42. The molecule has 0 radical (unpaired) electrons. The normalized spacial score (nSPS) is 16.4. The first-order valence-corrected chi connectivity index (χ1v) is 17.9. The van der Waals surface area contributed by atoms with Gasteiger partial charge >= 0.3 is 0 Å². The van der Waals surface area contributed by atoms with E-state index in [0.29, 0.717) is 59.3 Å². The quantitative estimate of drug-likeness (QED) is 0.204. The number of halogens is 3. The second kappa shape index (κ2) is 13.6. The maximum absolute atomic E-state index is 15.3. The lowest BCUT2D eigenvalue weighted by atomic mass is 10.0. The zero-order valence-corrected chi connectivity index (χ0v) is 27.1. The summed E-state index contributed by atoms with van der Waals surface area (Å²) in [6.45, 7) is 2.03. The summed E-state index contributed by atoms with van der Waals surface area (Å²) >= 11 is 14.0. The average Bonchev–Trinajstić information content (AvgIpc) is 3.78. The number of nitrogens with zero attached hydrogens (tertiary/aromatic N) is 5. The van der Waals surface area contributed by atoms with Crippen LogP contribution in [0.2, 0.25) is 10.0 Å². The number of thioether (sulfide) groups is 1. The van der Waals surface area contributed by atoms with Crippen LogP contribution in [-0.2, 0) is 14.6 Å². The Labute approximate surface area is 274 Å². The molecule has 15 heteroatoms. The zero-order chi connectivity index (χ0) is 31.6. The van der Waals surface area contributed by atoms with Crippen LogP contribution in [0.25, 0.3) is 16.8 Å². The third-order valence-corrected chi connectivity index (χ3v) is 10.9. The Bertz CT molecular complexity index is 1810. The van der Waals surface area contributed by atoms with Gasteiger partial charge in [0.05, 0.1) is 33.7 Å². The highest BCUT2D eigenvalue weighted by molar-refractivity contribution is 7.99. The van der Waals surface area contributed by atoms with E-state index in [1.54, 1.807) is 36.4 Å². The van der Waals surface area contributed by atoms with Gasteiger partial charge in [0.2, 0.25) is 11.1 Å². The Kier molecular flexibility index (Phi) is 9.62. The summed E-state index contributed by atoms with van der Waals surface area (Å²) in [6.07, 6.45) is 2.32. The molecule has 2 heterocycles. The second-order valence-electron chi connectivity index (χ2n) is 10.9. The molecule has 0 atom stereocenters. The second-order valence-corrected chi connectivity index (χ2v) is 14.9. The predicted octanol–water partition coefficient (Wildman–Crippen LogP) is 5.49. The maximum atomic E-state index is 15.3. The Hall–Kier alpha value is -3.23. The van der Waals surface area contributed by atoms with Gasteiger partial charge in [-0.15, -0.1) is 5.10 Å². The summed E-state index contributed by atoms with van der Waals surface area (Å²) in [5.41, 5.74) is 2.82. The molecule has 6 rings (SSSR count). The molecule has 4 aromatic rings. The van der Waals surface area contributed by atoms with E-state index in [0.717, 1.165) is 24.6 Å². The Morgan fingerprint density at radius 3 is 2.53 bits per heavy atom. The number of nitrogens with one attached hydrogen (secondary N) is 1. The van der Waals surface area contributed by atoms with Crippen molar-refractivity contribution < 1.29 is 22.3 Å². The number of amides is 1. The smallest absolute Gasteiger partial charge is 0.234 e. The van der Waals surface area contributed by atoms with Crippen molar-refractivity contribution in [3.8, 4) is 22.6 Å². The van der Waals surface area contributed by atoms with Gasteiger partial charge in [-0.3, -0.25) is 9.69 Å². The summed E-state index contributed by atoms with van der Waals surface area (Å²) in [5, 5.41) is 15.1. The molecule has 1 amide bonds. The van der Waals surface area contributed by atoms with Gasteiger partial charge in [-0.25, -0.2) is 12.8 Å². The molecule has 1 aliphatic heterocycles. The molecule has 236 valence electrons. The highest BCUT2D eigenvalue weighted by Gasteiger charge is 2.25. The molecule has 1 saturated carbocycles. The van der Waals surface area contributed by atoms with Gasteiger partial charge in [-0.1, -0.05) is 53.2 Å². The van der Waals surface area contributed by atoms with E-state index in [2.05, 4.69) is 25.7 Å². The molecule has 45 heavy (non-hydrogen) atoms. The van der Waals surface area contributed by atoms with Crippen molar-refractivity contribution in [2.75, 3.05) is 48.8 Å². The van der Waals surface area contributed by atoms with E-state index in [9.17, 15) is 13.2 Å². The van der Waals surface area contributed by atoms with Crippen LogP contribution in [0, 0.1) is 5.82 Å². The SMILES string of the molecule is O=C(CSc1nnnn1-c1ccc(C2CC2)cc1Cl)Nc1ccc(-c2ccc(OCCN3CCS(=O)(=O)CC3)cc2)c(F)c1Cl. The Morgan fingerprint density at radius 2 is 1.82 bits per heavy atom. The number of carbonyl (C=O) groups excluding carboxylic acids is 1. The molecule has 0 spiro atoms. The molecule has 0 unspecified atom stereocenters. The van der Waals surface area contributed by atoms with E-state index >= 15 is 4.39 Å². The van der Waals surface area contributed by atoms with Gasteiger partial charge in [0.25, 0.3) is 0 Å². The Morgan fingerprint density at radius 1 is 1.07 bits per heavy atom. The number of hydrogen-bond donors (Lipinski definition) is 1. The third kappa shape index (κ3) is 7.78. The summed E-state index contributed by atoms with van der Waals surface area (Å²) in [5.74, 6) is 0.391. The fraction of sp³-hybridized carbons (Fsp3) is 0.333. The molecule has 1 saturated heterocycles. The van der Waals surface area contributed by atoms with Crippen molar-refractivity contribution in [3.63, 3.8) is 0 Å². The van der Waals surface area contributed by atoms with Gasteiger partial charge in [0, 0.05) is 25.2 Å². The van der Waals surface area contributed by atoms with E-state index in [4.69, 9.17) is 27.9 Å². The maximum Gasteiger partial charge on any atom is 0.234 e. The number of sulfone groups is 1. The molecule has 2 fully saturated rings. The number of hydrogen-bond acceptors (Lipinski definition) is 9. The first kappa shape index (κ1) is 31.7. The lowest BCUT2D eigenvalue weighted by Gasteiger charge is -2.26. The minimum atomic E-state index is -2.92. The van der Waals surface area contributed by atoms with Crippen LogP contribution in [0.4, 0.5) is 10.1 Å². The van der Waals surface area contributed by atoms with Crippen molar-refractivity contribution in [2.45, 2.75) is 23.9 Å². The van der Waals surface area contributed by atoms with E-state index in [-0.39, 0.29) is 33.5 Å². The van der Waals surface area contributed by atoms with Crippen molar-refractivity contribution in [1.82, 2.24) is 25.1 Å². The molecule has 1 aromatic heterocycles. The number of anilines is 1. The van der Waals surface area contributed by atoms with Crippen molar-refractivity contribution in [2.24, 2.45) is 0 Å². The van der Waals surface area contributed by atoms with E-state index in [1.165, 1.54) is 10.2 Å². The highest BCUT2D eigenvalue weighted by atomic mass is 35.5. The molecule has 10 nitrogen and oxygen atoms in total. The van der Waals surface area contributed by atoms with Crippen LogP contribution in [0.5, 0.6) is 5.75 Å². The summed E-state index contributed by atoms with van der Waals surface area (Å²) < 4.78 is 45.8. The summed E-state index contributed by atoms with van der Waals surface area (Å²) in [4.78, 5) is 14.8.